The molecule has 0 aliphatic carbocycles. The van der Waals surface area contributed by atoms with Crippen molar-refractivity contribution in [2.75, 3.05) is 6.61 Å². The molecular weight excluding hydrogens is 354 g/mol. The molecule has 4 rings (SSSR count). The lowest BCUT2D eigenvalue weighted by Crippen LogP contribution is -2.10. The van der Waals surface area contributed by atoms with Crippen LogP contribution in [0.3, 0.4) is 0 Å². The highest BCUT2D eigenvalue weighted by atomic mass is 16.5. The number of H-pyrrole nitrogens is 1. The summed E-state index contributed by atoms with van der Waals surface area (Å²) in [6, 6.07) is 19.3. The number of aromatic nitrogens is 5. The fourth-order valence-corrected chi connectivity index (χ4v) is 3.10. The number of rotatable bonds is 8. The van der Waals surface area contributed by atoms with Crippen molar-refractivity contribution in [3.63, 3.8) is 0 Å². The van der Waals surface area contributed by atoms with Gasteiger partial charge in [0.2, 0.25) is 5.56 Å². The molecule has 28 heavy (non-hydrogen) atoms. The molecule has 0 atom stereocenters. The van der Waals surface area contributed by atoms with Crippen LogP contribution < -0.4 is 10.3 Å². The highest BCUT2D eigenvalue weighted by Crippen LogP contribution is 2.18. The van der Waals surface area contributed by atoms with Crippen LogP contribution in [0.1, 0.15) is 17.8 Å². The van der Waals surface area contributed by atoms with Crippen molar-refractivity contribution in [3.8, 4) is 5.75 Å². The standard InChI is InChI=1S/C21H21N5O2/c27-21-11-8-17-15-18(9-10-19(17)22-21)28-14-4-7-20-23-24-25-26(20)13-12-16-5-2-1-3-6-16/h1-3,5-6,8-11,15H,4,7,12-14H2,(H,22,27). The van der Waals surface area contributed by atoms with E-state index in [1.54, 1.807) is 6.07 Å². The molecule has 142 valence electrons. The minimum absolute atomic E-state index is 0.105. The third-order valence-corrected chi connectivity index (χ3v) is 4.57. The molecule has 0 bridgehead atoms. The van der Waals surface area contributed by atoms with Crippen LogP contribution in [-0.4, -0.2) is 31.8 Å². The maximum Gasteiger partial charge on any atom is 0.248 e. The smallest absolute Gasteiger partial charge is 0.248 e. The number of ether oxygens (including phenoxy) is 1. The second kappa shape index (κ2) is 8.47. The topological polar surface area (TPSA) is 85.7 Å². The van der Waals surface area contributed by atoms with Gasteiger partial charge in [-0.25, -0.2) is 4.68 Å². The lowest BCUT2D eigenvalue weighted by Gasteiger charge is -2.08. The van der Waals surface area contributed by atoms with E-state index in [0.29, 0.717) is 6.61 Å². The highest BCUT2D eigenvalue weighted by molar-refractivity contribution is 5.79. The van der Waals surface area contributed by atoms with Gasteiger partial charge in [0.05, 0.1) is 6.61 Å². The molecule has 0 unspecified atom stereocenters. The van der Waals surface area contributed by atoms with E-state index in [1.165, 1.54) is 11.6 Å². The minimum atomic E-state index is -0.105. The number of aromatic amines is 1. The minimum Gasteiger partial charge on any atom is -0.494 e. The molecule has 0 saturated carbocycles. The van der Waals surface area contributed by atoms with Gasteiger partial charge in [-0.05, 0) is 53.1 Å². The Labute approximate surface area is 162 Å². The first-order chi connectivity index (χ1) is 13.8. The Morgan fingerprint density at radius 2 is 1.89 bits per heavy atom. The summed E-state index contributed by atoms with van der Waals surface area (Å²) in [4.78, 5) is 14.1. The van der Waals surface area contributed by atoms with Crippen LogP contribution in [0.2, 0.25) is 0 Å². The molecule has 2 aromatic heterocycles. The van der Waals surface area contributed by atoms with Gasteiger partial charge in [0.25, 0.3) is 0 Å². The SMILES string of the molecule is O=c1ccc2cc(OCCCc3nnnn3CCc3ccccc3)ccc2[nH]1. The Morgan fingerprint density at radius 3 is 2.79 bits per heavy atom. The molecule has 0 saturated heterocycles. The Bertz CT molecular complexity index is 1100. The summed E-state index contributed by atoms with van der Waals surface area (Å²) in [6.07, 6.45) is 2.46. The number of aryl methyl sites for hydroxylation is 3. The molecule has 0 fully saturated rings. The molecule has 7 heteroatoms. The number of nitrogens with one attached hydrogen (secondary N) is 1. The quantitative estimate of drug-likeness (QED) is 0.479. The lowest BCUT2D eigenvalue weighted by molar-refractivity contribution is 0.309. The largest absolute Gasteiger partial charge is 0.494 e. The van der Waals surface area contributed by atoms with Gasteiger partial charge in [-0.3, -0.25) is 4.79 Å². The van der Waals surface area contributed by atoms with Gasteiger partial charge in [0.15, 0.2) is 5.82 Å². The van der Waals surface area contributed by atoms with Crippen LogP contribution in [0.4, 0.5) is 0 Å². The summed E-state index contributed by atoms with van der Waals surface area (Å²) in [5, 5.41) is 13.0. The molecule has 0 spiro atoms. The summed E-state index contributed by atoms with van der Waals surface area (Å²) in [5.41, 5.74) is 1.97. The molecule has 0 aliphatic heterocycles. The van der Waals surface area contributed by atoms with E-state index in [4.69, 9.17) is 4.74 Å². The molecule has 4 aromatic rings. The highest BCUT2D eigenvalue weighted by Gasteiger charge is 2.06. The van der Waals surface area contributed by atoms with E-state index >= 15 is 0 Å². The van der Waals surface area contributed by atoms with Gasteiger partial charge in [-0.2, -0.15) is 0 Å². The number of hydrogen-bond acceptors (Lipinski definition) is 5. The summed E-state index contributed by atoms with van der Waals surface area (Å²) >= 11 is 0. The van der Waals surface area contributed by atoms with E-state index in [9.17, 15) is 4.79 Å². The van der Waals surface area contributed by atoms with Crippen LogP contribution in [0.5, 0.6) is 5.75 Å². The fraction of sp³-hybridized carbons (Fsp3) is 0.238. The van der Waals surface area contributed by atoms with Gasteiger partial charge in [0.1, 0.15) is 5.75 Å². The number of nitrogens with zero attached hydrogens (tertiary/aromatic N) is 4. The fourth-order valence-electron chi connectivity index (χ4n) is 3.10. The second-order valence-corrected chi connectivity index (χ2v) is 6.58. The average Bonchev–Trinajstić information content (AvgIpc) is 3.18. The monoisotopic (exact) mass is 375 g/mol. The number of fused-ring (bicyclic) bond motifs is 1. The molecule has 0 aliphatic rings. The zero-order valence-electron chi connectivity index (χ0n) is 15.4. The predicted molar refractivity (Wildman–Crippen MR) is 106 cm³/mol. The van der Waals surface area contributed by atoms with E-state index < -0.39 is 0 Å². The van der Waals surface area contributed by atoms with Crippen molar-refractivity contribution in [1.82, 2.24) is 25.2 Å². The zero-order chi connectivity index (χ0) is 19.2. The summed E-state index contributed by atoms with van der Waals surface area (Å²) < 4.78 is 7.70. The van der Waals surface area contributed by atoms with Crippen molar-refractivity contribution in [2.24, 2.45) is 0 Å². The Kier molecular flexibility index (Phi) is 5.42. The number of pyridine rings is 1. The first-order valence-electron chi connectivity index (χ1n) is 9.33. The van der Waals surface area contributed by atoms with E-state index in [-0.39, 0.29) is 5.56 Å². The average molecular weight is 375 g/mol. The van der Waals surface area contributed by atoms with Crippen LogP contribution in [0, 0.1) is 0 Å². The summed E-state index contributed by atoms with van der Waals surface area (Å²) in [7, 11) is 0. The molecule has 0 amide bonds. The van der Waals surface area contributed by atoms with E-state index in [1.807, 2.05) is 41.1 Å². The number of benzene rings is 2. The van der Waals surface area contributed by atoms with Crippen molar-refractivity contribution >= 4 is 10.9 Å². The van der Waals surface area contributed by atoms with Gasteiger partial charge in [-0.15, -0.1) is 5.10 Å². The van der Waals surface area contributed by atoms with E-state index in [2.05, 4.69) is 32.6 Å². The van der Waals surface area contributed by atoms with Gasteiger partial charge in [0, 0.05) is 29.9 Å². The predicted octanol–water partition coefficient (Wildman–Crippen LogP) is 2.77. The first kappa shape index (κ1) is 17.9. The molecule has 7 nitrogen and oxygen atoms in total. The number of hydrogen-bond donors (Lipinski definition) is 1. The summed E-state index contributed by atoms with van der Waals surface area (Å²) in [5.74, 6) is 1.65. The van der Waals surface area contributed by atoms with Crippen molar-refractivity contribution in [3.05, 3.63) is 82.4 Å². The Hall–Kier alpha value is -3.48. The van der Waals surface area contributed by atoms with Crippen molar-refractivity contribution in [2.45, 2.75) is 25.8 Å². The van der Waals surface area contributed by atoms with E-state index in [0.717, 1.165) is 48.3 Å². The van der Waals surface area contributed by atoms with Crippen LogP contribution in [0.25, 0.3) is 10.9 Å². The summed E-state index contributed by atoms with van der Waals surface area (Å²) in [6.45, 7) is 1.33. The first-order valence-corrected chi connectivity index (χ1v) is 9.33. The lowest BCUT2D eigenvalue weighted by atomic mass is 10.1. The van der Waals surface area contributed by atoms with Crippen molar-refractivity contribution in [1.29, 1.82) is 0 Å². The third-order valence-electron chi connectivity index (χ3n) is 4.57. The molecular formula is C21H21N5O2. The van der Waals surface area contributed by atoms with Crippen LogP contribution >= 0.6 is 0 Å². The normalized spacial score (nSPS) is 11.0. The molecule has 2 heterocycles. The van der Waals surface area contributed by atoms with Gasteiger partial charge < -0.3 is 9.72 Å². The Balaban J connectivity index is 1.28. The molecule has 1 N–H and O–H groups in total. The van der Waals surface area contributed by atoms with Gasteiger partial charge >= 0.3 is 0 Å². The van der Waals surface area contributed by atoms with Crippen LogP contribution in [-0.2, 0) is 19.4 Å². The van der Waals surface area contributed by atoms with Gasteiger partial charge in [-0.1, -0.05) is 30.3 Å². The zero-order valence-corrected chi connectivity index (χ0v) is 15.4. The van der Waals surface area contributed by atoms with Crippen LogP contribution in [0.15, 0.2) is 65.5 Å². The number of tetrazole rings is 1. The maximum absolute atomic E-state index is 11.3. The maximum atomic E-state index is 11.3. The second-order valence-electron chi connectivity index (χ2n) is 6.58. The molecule has 2 aromatic carbocycles. The Morgan fingerprint density at radius 1 is 1.00 bits per heavy atom. The third kappa shape index (κ3) is 4.43. The molecule has 0 radical (unpaired) electrons. The van der Waals surface area contributed by atoms with Crippen molar-refractivity contribution < 1.29 is 4.74 Å².